The summed E-state index contributed by atoms with van der Waals surface area (Å²) in [7, 11) is 0. The van der Waals surface area contributed by atoms with E-state index in [4.69, 9.17) is 10.3 Å². The summed E-state index contributed by atoms with van der Waals surface area (Å²) in [6.45, 7) is 9.53. The maximum absolute atomic E-state index is 12.1. The van der Waals surface area contributed by atoms with Crippen LogP contribution >= 0.6 is 11.8 Å². The molecule has 0 spiro atoms. The van der Waals surface area contributed by atoms with Gasteiger partial charge in [-0.3, -0.25) is 9.59 Å². The standard InChI is InChI=1S/C12H21N3O3S/c1-6-12(9(16)14-15-13,10(17)18-7-2)8-19-11(3,4)5/h6-8H2,1-5H3/t12-/m0/s1. The molecule has 0 N–H and O–H groups in total. The quantitative estimate of drug-likeness (QED) is 0.246. The predicted octanol–water partition coefficient (Wildman–Crippen LogP) is 3.31. The van der Waals surface area contributed by atoms with Gasteiger partial charge in [-0.2, -0.15) is 11.8 Å². The number of nitrogens with zero attached hydrogens (tertiary/aromatic N) is 3. The van der Waals surface area contributed by atoms with Gasteiger partial charge in [0.05, 0.1) is 6.61 Å². The van der Waals surface area contributed by atoms with Crippen LogP contribution in [0.4, 0.5) is 0 Å². The van der Waals surface area contributed by atoms with E-state index in [0.29, 0.717) is 0 Å². The Bertz CT molecular complexity index is 386. The second-order valence-electron chi connectivity index (χ2n) is 5.05. The van der Waals surface area contributed by atoms with Crippen LogP contribution in [0.15, 0.2) is 5.11 Å². The molecule has 0 aromatic rings. The topological polar surface area (TPSA) is 92.1 Å². The van der Waals surface area contributed by atoms with E-state index in [1.807, 2.05) is 20.8 Å². The molecule has 0 rings (SSSR count). The largest absolute Gasteiger partial charge is 0.465 e. The number of carbonyl (C=O) groups is 2. The average Bonchev–Trinajstić information content (AvgIpc) is 2.29. The molecule has 0 aromatic heterocycles. The van der Waals surface area contributed by atoms with Crippen molar-refractivity contribution in [1.29, 1.82) is 0 Å². The number of hydrogen-bond donors (Lipinski definition) is 0. The highest BCUT2D eigenvalue weighted by molar-refractivity contribution is 8.00. The van der Waals surface area contributed by atoms with Gasteiger partial charge in [0, 0.05) is 15.4 Å². The summed E-state index contributed by atoms with van der Waals surface area (Å²) in [6.07, 6.45) is 0.243. The molecule has 0 aliphatic carbocycles. The molecule has 0 radical (unpaired) electrons. The van der Waals surface area contributed by atoms with Crippen LogP contribution in [0.3, 0.4) is 0 Å². The molecule has 0 aliphatic rings. The number of thioether (sulfide) groups is 1. The molecule has 0 saturated carbocycles. The first-order valence-corrected chi connectivity index (χ1v) is 7.12. The van der Waals surface area contributed by atoms with Gasteiger partial charge >= 0.3 is 5.97 Å². The smallest absolute Gasteiger partial charge is 0.320 e. The lowest BCUT2D eigenvalue weighted by Crippen LogP contribution is -2.42. The number of carbonyl (C=O) groups excluding carboxylic acids is 2. The minimum atomic E-state index is -1.39. The highest BCUT2D eigenvalue weighted by Gasteiger charge is 2.45. The number of amides is 1. The summed E-state index contributed by atoms with van der Waals surface area (Å²) in [6, 6.07) is 0. The summed E-state index contributed by atoms with van der Waals surface area (Å²) in [5.41, 5.74) is 7.03. The van der Waals surface area contributed by atoms with Gasteiger partial charge in [-0.1, -0.05) is 27.7 Å². The minimum absolute atomic E-state index is 0.108. The number of azide groups is 1. The van der Waals surface area contributed by atoms with Crippen molar-refractivity contribution in [2.45, 2.75) is 45.8 Å². The first-order chi connectivity index (χ1) is 8.73. The fourth-order valence-electron chi connectivity index (χ4n) is 1.35. The van der Waals surface area contributed by atoms with Crippen molar-refractivity contribution in [3.63, 3.8) is 0 Å². The van der Waals surface area contributed by atoms with Gasteiger partial charge in [0.2, 0.25) is 5.91 Å². The van der Waals surface area contributed by atoms with E-state index < -0.39 is 17.3 Å². The van der Waals surface area contributed by atoms with Gasteiger partial charge in [0.25, 0.3) is 0 Å². The third kappa shape index (κ3) is 5.12. The monoisotopic (exact) mass is 287 g/mol. The molecule has 6 nitrogen and oxygen atoms in total. The van der Waals surface area contributed by atoms with Crippen molar-refractivity contribution >= 4 is 23.6 Å². The summed E-state index contributed by atoms with van der Waals surface area (Å²) in [5.74, 6) is -1.15. The third-order valence-corrected chi connectivity index (χ3v) is 4.07. The first kappa shape index (κ1) is 17.8. The molecule has 0 aliphatic heterocycles. The van der Waals surface area contributed by atoms with Crippen molar-refractivity contribution in [3.8, 4) is 0 Å². The maximum atomic E-state index is 12.1. The summed E-state index contributed by atoms with van der Waals surface area (Å²) >= 11 is 1.47. The van der Waals surface area contributed by atoms with Crippen molar-refractivity contribution in [2.24, 2.45) is 10.5 Å². The fourth-order valence-corrected chi connectivity index (χ4v) is 2.48. The van der Waals surface area contributed by atoms with Gasteiger partial charge in [0.1, 0.15) is 5.41 Å². The molecule has 0 fully saturated rings. The molecule has 1 amide bonds. The molecule has 0 bridgehead atoms. The van der Waals surface area contributed by atoms with E-state index in [-0.39, 0.29) is 23.5 Å². The van der Waals surface area contributed by atoms with E-state index in [0.717, 1.165) is 0 Å². The van der Waals surface area contributed by atoms with Crippen LogP contribution in [0.25, 0.3) is 10.4 Å². The van der Waals surface area contributed by atoms with Crippen LogP contribution < -0.4 is 0 Å². The molecule has 0 heterocycles. The number of esters is 1. The van der Waals surface area contributed by atoms with Crippen molar-refractivity contribution in [3.05, 3.63) is 10.4 Å². The van der Waals surface area contributed by atoms with Crippen molar-refractivity contribution in [1.82, 2.24) is 0 Å². The van der Waals surface area contributed by atoms with Gasteiger partial charge in [0.15, 0.2) is 0 Å². The normalized spacial score (nSPS) is 14.2. The Kier molecular flexibility index (Phi) is 6.94. The molecular weight excluding hydrogens is 266 g/mol. The highest BCUT2D eigenvalue weighted by atomic mass is 32.2. The predicted molar refractivity (Wildman–Crippen MR) is 75.7 cm³/mol. The number of ether oxygens (including phenoxy) is 1. The van der Waals surface area contributed by atoms with Crippen LogP contribution in [0.1, 0.15) is 41.0 Å². The SMILES string of the molecule is CCOC(=O)[C@@](CC)(CSC(C)(C)C)C(=O)N=[N+]=[N-]. The molecular formula is C12H21N3O3S. The third-order valence-electron chi connectivity index (χ3n) is 2.57. The van der Waals surface area contributed by atoms with E-state index in [2.05, 4.69) is 10.0 Å². The summed E-state index contributed by atoms with van der Waals surface area (Å²) in [5, 5.41) is 3.10. The van der Waals surface area contributed by atoms with Crippen LogP contribution in [0.5, 0.6) is 0 Å². The Morgan fingerprint density at radius 2 is 1.89 bits per heavy atom. The second-order valence-corrected chi connectivity index (χ2v) is 6.85. The van der Waals surface area contributed by atoms with Crippen LogP contribution in [0.2, 0.25) is 0 Å². The van der Waals surface area contributed by atoms with Crippen LogP contribution in [-0.2, 0) is 14.3 Å². The first-order valence-electron chi connectivity index (χ1n) is 6.14. The van der Waals surface area contributed by atoms with Crippen LogP contribution in [-0.4, -0.2) is 29.0 Å². The maximum Gasteiger partial charge on any atom is 0.320 e. The van der Waals surface area contributed by atoms with E-state index >= 15 is 0 Å². The Morgan fingerprint density at radius 3 is 2.26 bits per heavy atom. The van der Waals surface area contributed by atoms with Gasteiger partial charge in [-0.05, 0) is 24.0 Å². The molecule has 0 unspecified atom stereocenters. The minimum Gasteiger partial charge on any atom is -0.465 e. The zero-order valence-electron chi connectivity index (χ0n) is 12.1. The van der Waals surface area contributed by atoms with Gasteiger partial charge in [-0.25, -0.2) is 0 Å². The summed E-state index contributed by atoms with van der Waals surface area (Å²) in [4.78, 5) is 26.6. The van der Waals surface area contributed by atoms with Gasteiger partial charge < -0.3 is 4.74 Å². The summed E-state index contributed by atoms with van der Waals surface area (Å²) < 4.78 is 4.87. The van der Waals surface area contributed by atoms with Crippen molar-refractivity contribution in [2.75, 3.05) is 12.4 Å². The molecule has 0 aromatic carbocycles. The average molecular weight is 287 g/mol. The van der Waals surface area contributed by atoms with Gasteiger partial charge in [-0.15, -0.1) is 0 Å². The van der Waals surface area contributed by atoms with E-state index in [9.17, 15) is 9.59 Å². The molecule has 19 heavy (non-hydrogen) atoms. The lowest BCUT2D eigenvalue weighted by atomic mass is 9.86. The Labute approximate surface area is 117 Å². The highest BCUT2D eigenvalue weighted by Crippen LogP contribution is 2.36. The lowest BCUT2D eigenvalue weighted by molar-refractivity contribution is -0.158. The second kappa shape index (κ2) is 7.40. The molecule has 0 saturated heterocycles. The zero-order chi connectivity index (χ0) is 15.1. The molecule has 1 atom stereocenters. The van der Waals surface area contributed by atoms with Crippen LogP contribution in [0, 0.1) is 5.41 Å². The fraction of sp³-hybridized carbons (Fsp3) is 0.833. The number of rotatable bonds is 6. The lowest BCUT2D eigenvalue weighted by Gasteiger charge is -2.29. The Hall–Kier alpha value is -1.20. The molecule has 7 heteroatoms. The van der Waals surface area contributed by atoms with E-state index in [1.165, 1.54) is 11.8 Å². The number of hydrogen-bond acceptors (Lipinski definition) is 4. The van der Waals surface area contributed by atoms with E-state index in [1.54, 1.807) is 13.8 Å². The Balaban J connectivity index is 5.34. The zero-order valence-corrected chi connectivity index (χ0v) is 12.9. The Morgan fingerprint density at radius 1 is 1.32 bits per heavy atom. The molecule has 108 valence electrons. The van der Waals surface area contributed by atoms with Crippen molar-refractivity contribution < 1.29 is 14.3 Å².